The summed E-state index contributed by atoms with van der Waals surface area (Å²) in [6.45, 7) is 0. The second-order valence-electron chi connectivity index (χ2n) is 3.34. The van der Waals surface area contributed by atoms with Crippen LogP contribution in [0.3, 0.4) is 0 Å². The Morgan fingerprint density at radius 2 is 1.94 bits per heavy atom. The Bertz CT molecular complexity index is 579. The lowest BCUT2D eigenvalue weighted by Crippen LogP contribution is -2.44. The molecular weight excluding hydrogens is 232 g/mol. The summed E-state index contributed by atoms with van der Waals surface area (Å²) in [6.07, 6.45) is 0. The zero-order chi connectivity index (χ0) is 11.9. The first-order valence-corrected chi connectivity index (χ1v) is 5.87. The van der Waals surface area contributed by atoms with Gasteiger partial charge in [-0.15, -0.1) is 0 Å². The fourth-order valence-electron chi connectivity index (χ4n) is 1.63. The molecule has 7 heteroatoms. The average Bonchev–Trinajstić information content (AvgIpc) is 2.15. The minimum Gasteiger partial charge on any atom is -0.369 e. The topological polar surface area (TPSA) is 106 Å². The standard InChI is InChI=1S/C9H8N2O4S/c10-8(12)7-5-3-1-2-4-6(5)16(14,15)11-9(7)13/h1-4,7H,(H2,10,12)(H,11,13). The van der Waals surface area contributed by atoms with Crippen molar-refractivity contribution >= 4 is 21.8 Å². The predicted octanol–water partition coefficient (Wildman–Crippen LogP) is -0.926. The Balaban J connectivity index is 2.73. The molecule has 0 saturated heterocycles. The van der Waals surface area contributed by atoms with Crippen LogP contribution in [-0.2, 0) is 19.6 Å². The van der Waals surface area contributed by atoms with Crippen LogP contribution in [0.25, 0.3) is 0 Å². The van der Waals surface area contributed by atoms with E-state index < -0.39 is 27.8 Å². The van der Waals surface area contributed by atoms with Crippen molar-refractivity contribution in [3.63, 3.8) is 0 Å². The Labute approximate surface area is 91.5 Å². The lowest BCUT2D eigenvalue weighted by atomic mass is 9.98. The van der Waals surface area contributed by atoms with Gasteiger partial charge in [0.2, 0.25) is 5.91 Å². The van der Waals surface area contributed by atoms with E-state index in [0.29, 0.717) is 0 Å². The molecule has 1 aromatic rings. The van der Waals surface area contributed by atoms with Gasteiger partial charge in [0.15, 0.2) is 0 Å². The number of nitrogens with two attached hydrogens (primary N) is 1. The average molecular weight is 240 g/mol. The van der Waals surface area contributed by atoms with Crippen molar-refractivity contribution in [1.82, 2.24) is 4.72 Å². The van der Waals surface area contributed by atoms with Crippen molar-refractivity contribution in [3.05, 3.63) is 29.8 Å². The van der Waals surface area contributed by atoms with Gasteiger partial charge in [-0.1, -0.05) is 18.2 Å². The molecule has 0 fully saturated rings. The van der Waals surface area contributed by atoms with E-state index in [0.717, 1.165) is 0 Å². The molecular formula is C9H8N2O4S. The first kappa shape index (κ1) is 10.6. The second kappa shape index (κ2) is 3.31. The van der Waals surface area contributed by atoms with E-state index >= 15 is 0 Å². The lowest BCUT2D eigenvalue weighted by molar-refractivity contribution is -0.129. The Hall–Kier alpha value is -1.89. The van der Waals surface area contributed by atoms with Crippen LogP contribution in [0.1, 0.15) is 11.5 Å². The van der Waals surface area contributed by atoms with Crippen LogP contribution >= 0.6 is 0 Å². The van der Waals surface area contributed by atoms with Crippen molar-refractivity contribution in [2.45, 2.75) is 10.8 Å². The number of fused-ring (bicyclic) bond motifs is 1. The number of benzene rings is 1. The number of rotatable bonds is 1. The molecule has 1 heterocycles. The molecule has 1 atom stereocenters. The Morgan fingerprint density at radius 1 is 1.31 bits per heavy atom. The fourth-order valence-corrected chi connectivity index (χ4v) is 2.88. The highest BCUT2D eigenvalue weighted by molar-refractivity contribution is 7.90. The number of carbonyl (C=O) groups is 2. The molecule has 1 aliphatic rings. The zero-order valence-corrected chi connectivity index (χ0v) is 8.82. The molecule has 3 N–H and O–H groups in total. The molecule has 0 bridgehead atoms. The zero-order valence-electron chi connectivity index (χ0n) is 8.01. The summed E-state index contributed by atoms with van der Waals surface area (Å²) in [5.41, 5.74) is 5.19. The monoisotopic (exact) mass is 240 g/mol. The first-order chi connectivity index (χ1) is 7.43. The molecule has 2 amide bonds. The summed E-state index contributed by atoms with van der Waals surface area (Å²) in [7, 11) is -3.86. The molecule has 1 aromatic carbocycles. The van der Waals surface area contributed by atoms with Gasteiger partial charge in [-0.3, -0.25) is 9.59 Å². The van der Waals surface area contributed by atoms with Gasteiger partial charge in [-0.05, 0) is 11.6 Å². The lowest BCUT2D eigenvalue weighted by Gasteiger charge is -2.22. The molecule has 1 unspecified atom stereocenters. The van der Waals surface area contributed by atoms with E-state index in [1.54, 1.807) is 10.8 Å². The van der Waals surface area contributed by atoms with Gasteiger partial charge >= 0.3 is 0 Å². The van der Waals surface area contributed by atoms with E-state index in [9.17, 15) is 18.0 Å². The van der Waals surface area contributed by atoms with Crippen LogP contribution in [0.5, 0.6) is 0 Å². The van der Waals surface area contributed by atoms with Gasteiger partial charge in [-0.2, -0.15) is 0 Å². The summed E-state index contributed by atoms with van der Waals surface area (Å²) in [6, 6.07) is 5.77. The van der Waals surface area contributed by atoms with Gasteiger partial charge in [-0.25, -0.2) is 13.1 Å². The van der Waals surface area contributed by atoms with Crippen LogP contribution in [-0.4, -0.2) is 20.2 Å². The molecule has 1 aliphatic heterocycles. The number of nitrogens with one attached hydrogen (secondary N) is 1. The molecule has 2 rings (SSSR count). The van der Waals surface area contributed by atoms with Gasteiger partial charge in [0.25, 0.3) is 15.9 Å². The van der Waals surface area contributed by atoms with Crippen LogP contribution in [0.4, 0.5) is 0 Å². The maximum atomic E-state index is 11.6. The quantitative estimate of drug-likeness (QED) is 0.618. The van der Waals surface area contributed by atoms with Crippen LogP contribution in [0, 0.1) is 0 Å². The second-order valence-corrected chi connectivity index (χ2v) is 4.99. The molecule has 84 valence electrons. The van der Waals surface area contributed by atoms with E-state index in [1.165, 1.54) is 18.2 Å². The van der Waals surface area contributed by atoms with E-state index in [2.05, 4.69) is 0 Å². The maximum absolute atomic E-state index is 11.6. The third-order valence-electron chi connectivity index (χ3n) is 2.30. The molecule has 0 radical (unpaired) electrons. The largest absolute Gasteiger partial charge is 0.369 e. The summed E-state index contributed by atoms with van der Waals surface area (Å²) < 4.78 is 24.9. The Kier molecular flexibility index (Phi) is 2.20. The Morgan fingerprint density at radius 3 is 2.56 bits per heavy atom. The number of amides is 2. The molecule has 0 aliphatic carbocycles. The molecule has 0 spiro atoms. The van der Waals surface area contributed by atoms with E-state index in [1.807, 2.05) is 0 Å². The molecule has 0 aromatic heterocycles. The number of hydrogen-bond donors (Lipinski definition) is 2. The summed E-state index contributed by atoms with van der Waals surface area (Å²) >= 11 is 0. The molecule has 16 heavy (non-hydrogen) atoms. The van der Waals surface area contributed by atoms with Crippen LogP contribution in [0.15, 0.2) is 29.2 Å². The van der Waals surface area contributed by atoms with Gasteiger partial charge in [0.05, 0.1) is 4.90 Å². The summed E-state index contributed by atoms with van der Waals surface area (Å²) in [5.74, 6) is -3.04. The summed E-state index contributed by atoms with van der Waals surface area (Å²) in [5, 5.41) is 0. The highest BCUT2D eigenvalue weighted by Crippen LogP contribution is 2.28. The van der Waals surface area contributed by atoms with Crippen molar-refractivity contribution in [2.75, 3.05) is 0 Å². The van der Waals surface area contributed by atoms with Crippen molar-refractivity contribution in [3.8, 4) is 0 Å². The van der Waals surface area contributed by atoms with E-state index in [-0.39, 0.29) is 10.5 Å². The normalized spacial score (nSPS) is 22.0. The number of sulfonamides is 1. The number of primary amides is 1. The van der Waals surface area contributed by atoms with Gasteiger partial charge < -0.3 is 5.73 Å². The maximum Gasteiger partial charge on any atom is 0.264 e. The summed E-state index contributed by atoms with van der Waals surface area (Å²) in [4.78, 5) is 22.4. The highest BCUT2D eigenvalue weighted by Gasteiger charge is 2.38. The van der Waals surface area contributed by atoms with Crippen molar-refractivity contribution in [2.24, 2.45) is 5.73 Å². The number of carbonyl (C=O) groups excluding carboxylic acids is 2. The van der Waals surface area contributed by atoms with Crippen LogP contribution < -0.4 is 10.5 Å². The van der Waals surface area contributed by atoms with Gasteiger partial charge in [0, 0.05) is 0 Å². The van der Waals surface area contributed by atoms with Gasteiger partial charge in [0.1, 0.15) is 5.92 Å². The fraction of sp³-hybridized carbons (Fsp3) is 0.111. The minimum atomic E-state index is -3.86. The van der Waals surface area contributed by atoms with E-state index in [4.69, 9.17) is 5.73 Å². The number of hydrogen-bond acceptors (Lipinski definition) is 4. The SMILES string of the molecule is NC(=O)C1C(=O)NS(=O)(=O)c2ccccc21. The first-order valence-electron chi connectivity index (χ1n) is 4.38. The molecule has 0 saturated carbocycles. The third-order valence-corrected chi connectivity index (χ3v) is 3.72. The van der Waals surface area contributed by atoms with Crippen molar-refractivity contribution in [1.29, 1.82) is 0 Å². The minimum absolute atomic E-state index is 0.0848. The smallest absolute Gasteiger partial charge is 0.264 e. The highest BCUT2D eigenvalue weighted by atomic mass is 32.2. The third kappa shape index (κ3) is 1.45. The molecule has 6 nitrogen and oxygen atoms in total. The van der Waals surface area contributed by atoms with Crippen LogP contribution in [0.2, 0.25) is 0 Å². The predicted molar refractivity (Wildman–Crippen MR) is 53.7 cm³/mol. The van der Waals surface area contributed by atoms with Crippen molar-refractivity contribution < 1.29 is 18.0 Å².